The van der Waals surface area contributed by atoms with E-state index in [1.807, 2.05) is 0 Å². The fourth-order valence-corrected chi connectivity index (χ4v) is 2.38. The quantitative estimate of drug-likeness (QED) is 0.845. The van der Waals surface area contributed by atoms with Gasteiger partial charge in [0.2, 0.25) is 5.91 Å². The van der Waals surface area contributed by atoms with Gasteiger partial charge in [-0.25, -0.2) is 4.79 Å². The van der Waals surface area contributed by atoms with Gasteiger partial charge in [-0.2, -0.15) is 0 Å². The normalized spacial score (nSPS) is 14.3. The molecule has 0 atom stereocenters. The molecular formula is C16H14ClN3O3. The fourth-order valence-electron chi connectivity index (χ4n) is 2.21. The molecule has 1 fully saturated rings. The Labute approximate surface area is 137 Å². The number of nitrogens with one attached hydrogen (secondary N) is 2. The van der Waals surface area contributed by atoms with E-state index >= 15 is 0 Å². The third-order valence-corrected chi connectivity index (χ3v) is 3.65. The summed E-state index contributed by atoms with van der Waals surface area (Å²) in [6, 6.07) is 8.37. The van der Waals surface area contributed by atoms with E-state index in [0.29, 0.717) is 35.2 Å². The van der Waals surface area contributed by atoms with Crippen molar-refractivity contribution in [3.05, 3.63) is 53.5 Å². The number of hydrogen-bond donors (Lipinski definition) is 2. The molecule has 118 valence electrons. The van der Waals surface area contributed by atoms with Crippen LogP contribution in [0, 0.1) is 0 Å². The summed E-state index contributed by atoms with van der Waals surface area (Å²) in [6.45, 7) is 1.17. The number of halogens is 1. The Morgan fingerprint density at radius 2 is 2.26 bits per heavy atom. The number of carbonyl (C=O) groups is 2. The Kier molecular flexibility index (Phi) is 4.34. The molecule has 2 heterocycles. The average molecular weight is 332 g/mol. The molecule has 0 radical (unpaired) electrons. The number of rotatable bonds is 4. The summed E-state index contributed by atoms with van der Waals surface area (Å²) < 4.78 is 5.11. The van der Waals surface area contributed by atoms with Crippen LogP contribution >= 0.6 is 11.6 Å². The summed E-state index contributed by atoms with van der Waals surface area (Å²) in [4.78, 5) is 25.3. The molecule has 7 heteroatoms. The molecule has 2 N–H and O–H groups in total. The zero-order chi connectivity index (χ0) is 16.2. The largest absolute Gasteiger partial charge is 0.465 e. The Bertz CT molecular complexity index is 756. The Morgan fingerprint density at radius 3 is 2.96 bits per heavy atom. The van der Waals surface area contributed by atoms with Crippen LogP contribution in [0.4, 0.5) is 16.2 Å². The first kappa shape index (κ1) is 15.2. The van der Waals surface area contributed by atoms with Crippen molar-refractivity contribution >= 4 is 41.0 Å². The third-order valence-electron chi connectivity index (χ3n) is 3.32. The first-order chi connectivity index (χ1) is 11.1. The molecule has 3 rings (SSSR count). The number of amides is 3. The number of urea groups is 1. The number of nitrogens with zero attached hydrogens (tertiary/aromatic N) is 1. The van der Waals surface area contributed by atoms with E-state index in [-0.39, 0.29) is 11.9 Å². The first-order valence-electron chi connectivity index (χ1n) is 7.01. The van der Waals surface area contributed by atoms with Gasteiger partial charge in [-0.05, 0) is 36.4 Å². The van der Waals surface area contributed by atoms with Crippen molar-refractivity contribution in [1.29, 1.82) is 0 Å². The topological polar surface area (TPSA) is 74.6 Å². The minimum Gasteiger partial charge on any atom is -0.465 e. The van der Waals surface area contributed by atoms with Crippen LogP contribution in [0.15, 0.2) is 47.1 Å². The molecule has 1 aliphatic heterocycles. The van der Waals surface area contributed by atoms with Crippen LogP contribution in [0.2, 0.25) is 5.02 Å². The van der Waals surface area contributed by atoms with E-state index in [9.17, 15) is 9.59 Å². The molecule has 1 aromatic heterocycles. The van der Waals surface area contributed by atoms with E-state index in [1.165, 1.54) is 12.3 Å². The molecule has 0 aliphatic carbocycles. The zero-order valence-electron chi connectivity index (χ0n) is 12.1. The molecule has 0 bridgehead atoms. The number of hydrogen-bond acceptors (Lipinski definition) is 3. The van der Waals surface area contributed by atoms with Gasteiger partial charge in [0.25, 0.3) is 0 Å². The van der Waals surface area contributed by atoms with Gasteiger partial charge in [-0.3, -0.25) is 9.69 Å². The van der Waals surface area contributed by atoms with Gasteiger partial charge < -0.3 is 15.1 Å². The van der Waals surface area contributed by atoms with Crippen molar-refractivity contribution < 1.29 is 14.0 Å². The van der Waals surface area contributed by atoms with Crippen LogP contribution in [-0.2, 0) is 4.79 Å². The molecule has 6 nitrogen and oxygen atoms in total. The minimum absolute atomic E-state index is 0.165. The van der Waals surface area contributed by atoms with Crippen molar-refractivity contribution in [2.45, 2.75) is 0 Å². The highest BCUT2D eigenvalue weighted by atomic mass is 35.5. The molecule has 3 amide bonds. The molecular weight excluding hydrogens is 318 g/mol. The van der Waals surface area contributed by atoms with Gasteiger partial charge in [0, 0.05) is 24.9 Å². The van der Waals surface area contributed by atoms with Gasteiger partial charge in [0.15, 0.2) is 0 Å². The van der Waals surface area contributed by atoms with Gasteiger partial charge in [-0.1, -0.05) is 11.6 Å². The Morgan fingerprint density at radius 1 is 1.39 bits per heavy atom. The second-order valence-corrected chi connectivity index (χ2v) is 5.29. The van der Waals surface area contributed by atoms with Gasteiger partial charge in [0.05, 0.1) is 17.0 Å². The van der Waals surface area contributed by atoms with Crippen LogP contribution < -0.4 is 15.5 Å². The molecule has 2 aromatic rings. The molecule has 23 heavy (non-hydrogen) atoms. The van der Waals surface area contributed by atoms with Crippen molar-refractivity contribution in [3.63, 3.8) is 0 Å². The SMILES string of the molecule is O=C(C=Cc1ccco1)Nc1cc(N2CCNC2=O)ccc1Cl. The van der Waals surface area contributed by atoms with E-state index in [2.05, 4.69) is 10.6 Å². The highest BCUT2D eigenvalue weighted by molar-refractivity contribution is 6.34. The number of furan rings is 1. The predicted molar refractivity (Wildman–Crippen MR) is 88.6 cm³/mol. The van der Waals surface area contributed by atoms with Gasteiger partial charge in [0.1, 0.15) is 5.76 Å². The first-order valence-corrected chi connectivity index (χ1v) is 7.39. The summed E-state index contributed by atoms with van der Waals surface area (Å²) >= 11 is 6.11. The van der Waals surface area contributed by atoms with Crippen LogP contribution in [0.3, 0.4) is 0 Å². The lowest BCUT2D eigenvalue weighted by Crippen LogP contribution is -2.27. The lowest BCUT2D eigenvalue weighted by atomic mass is 10.2. The molecule has 1 aromatic carbocycles. The predicted octanol–water partition coefficient (Wildman–Crippen LogP) is 3.11. The summed E-state index contributed by atoms with van der Waals surface area (Å²) in [6.07, 6.45) is 4.43. The third kappa shape index (κ3) is 3.54. The summed E-state index contributed by atoms with van der Waals surface area (Å²) in [5, 5.41) is 5.81. The average Bonchev–Trinajstić information content (AvgIpc) is 3.19. The highest BCUT2D eigenvalue weighted by Crippen LogP contribution is 2.28. The Hall–Kier alpha value is -2.73. The molecule has 0 unspecified atom stereocenters. The summed E-state index contributed by atoms with van der Waals surface area (Å²) in [7, 11) is 0. The fraction of sp³-hybridized carbons (Fsp3) is 0.125. The van der Waals surface area contributed by atoms with Crippen LogP contribution in [-0.4, -0.2) is 25.0 Å². The van der Waals surface area contributed by atoms with Crippen molar-refractivity contribution in [1.82, 2.24) is 5.32 Å². The van der Waals surface area contributed by atoms with E-state index < -0.39 is 0 Å². The molecule has 1 aliphatic rings. The van der Waals surface area contributed by atoms with Gasteiger partial charge in [-0.15, -0.1) is 0 Å². The Balaban J connectivity index is 1.74. The molecule has 1 saturated heterocycles. The molecule has 0 spiro atoms. The summed E-state index contributed by atoms with van der Waals surface area (Å²) in [5.74, 6) is 0.236. The van der Waals surface area contributed by atoms with Crippen LogP contribution in [0.5, 0.6) is 0 Å². The zero-order valence-corrected chi connectivity index (χ0v) is 12.8. The second-order valence-electron chi connectivity index (χ2n) is 4.89. The lowest BCUT2D eigenvalue weighted by molar-refractivity contribution is -0.111. The number of anilines is 2. The number of carbonyl (C=O) groups excluding carboxylic acids is 2. The number of benzene rings is 1. The lowest BCUT2D eigenvalue weighted by Gasteiger charge is -2.16. The molecule has 0 saturated carbocycles. The van der Waals surface area contributed by atoms with Gasteiger partial charge >= 0.3 is 6.03 Å². The van der Waals surface area contributed by atoms with Crippen LogP contribution in [0.25, 0.3) is 6.08 Å². The van der Waals surface area contributed by atoms with E-state index in [1.54, 1.807) is 41.3 Å². The van der Waals surface area contributed by atoms with Crippen molar-refractivity contribution in [2.75, 3.05) is 23.3 Å². The van der Waals surface area contributed by atoms with E-state index in [0.717, 1.165) is 0 Å². The van der Waals surface area contributed by atoms with E-state index in [4.69, 9.17) is 16.0 Å². The van der Waals surface area contributed by atoms with Crippen molar-refractivity contribution in [3.8, 4) is 0 Å². The maximum Gasteiger partial charge on any atom is 0.321 e. The smallest absolute Gasteiger partial charge is 0.321 e. The second kappa shape index (κ2) is 6.58. The standard InChI is InChI=1S/C16H14ClN3O3/c17-13-5-3-11(20-8-7-18-16(20)22)10-14(13)19-15(21)6-4-12-2-1-9-23-12/h1-6,9-10H,7-8H2,(H,18,22)(H,19,21). The highest BCUT2D eigenvalue weighted by Gasteiger charge is 2.21. The maximum atomic E-state index is 12.0. The van der Waals surface area contributed by atoms with Crippen LogP contribution in [0.1, 0.15) is 5.76 Å². The maximum absolute atomic E-state index is 12.0. The monoisotopic (exact) mass is 331 g/mol. The minimum atomic E-state index is -0.341. The summed E-state index contributed by atoms with van der Waals surface area (Å²) in [5.41, 5.74) is 1.12. The van der Waals surface area contributed by atoms with Crippen molar-refractivity contribution in [2.24, 2.45) is 0 Å².